The molecule has 0 fully saturated rings. The van der Waals surface area contributed by atoms with Crippen LogP contribution in [0.4, 0.5) is 10.6 Å². The number of nitrogen functional groups attached to an aromatic ring is 1. The number of nitrogens with two attached hydrogens (primary N) is 1. The van der Waals surface area contributed by atoms with Crippen molar-refractivity contribution in [3.8, 4) is 0 Å². The van der Waals surface area contributed by atoms with Crippen molar-refractivity contribution in [3.05, 3.63) is 11.8 Å². The molecule has 1 heterocycles. The lowest BCUT2D eigenvalue weighted by Crippen LogP contribution is -2.32. The fraction of sp³-hybridized carbons (Fsp3) is 0.429. The monoisotopic (exact) mass is 183 g/mol. The SMILES string of the molecule is CNC(=O)NCc1cc(N)n(C)n1. The van der Waals surface area contributed by atoms with Crippen molar-refractivity contribution >= 4 is 11.8 Å². The number of hydrogen-bond acceptors (Lipinski definition) is 3. The maximum atomic E-state index is 10.8. The highest BCUT2D eigenvalue weighted by Gasteiger charge is 2.02. The topological polar surface area (TPSA) is 85.0 Å². The highest BCUT2D eigenvalue weighted by atomic mass is 16.2. The number of carbonyl (C=O) groups excluding carboxylic acids is 1. The lowest BCUT2D eigenvalue weighted by atomic mass is 10.4. The summed E-state index contributed by atoms with van der Waals surface area (Å²) in [6.45, 7) is 0.380. The third kappa shape index (κ3) is 2.36. The molecule has 0 aromatic carbocycles. The van der Waals surface area contributed by atoms with Gasteiger partial charge in [0.15, 0.2) is 0 Å². The maximum absolute atomic E-state index is 10.8. The van der Waals surface area contributed by atoms with Crippen LogP contribution in [0.5, 0.6) is 0 Å². The van der Waals surface area contributed by atoms with Gasteiger partial charge in [0.05, 0.1) is 12.2 Å². The zero-order valence-electron chi connectivity index (χ0n) is 7.66. The molecular formula is C7H13N5O. The van der Waals surface area contributed by atoms with Crippen LogP contribution >= 0.6 is 0 Å². The molecule has 0 bridgehead atoms. The van der Waals surface area contributed by atoms with Crippen molar-refractivity contribution < 1.29 is 4.79 Å². The van der Waals surface area contributed by atoms with Gasteiger partial charge in [-0.25, -0.2) is 4.79 Å². The van der Waals surface area contributed by atoms with E-state index < -0.39 is 0 Å². The number of rotatable bonds is 2. The number of aromatic nitrogens is 2. The van der Waals surface area contributed by atoms with E-state index in [4.69, 9.17) is 5.73 Å². The molecule has 13 heavy (non-hydrogen) atoms. The number of hydrogen-bond donors (Lipinski definition) is 3. The Morgan fingerprint density at radius 3 is 2.92 bits per heavy atom. The molecule has 1 aromatic rings. The van der Waals surface area contributed by atoms with Crippen LogP contribution in [0.25, 0.3) is 0 Å². The molecule has 72 valence electrons. The van der Waals surface area contributed by atoms with Gasteiger partial charge >= 0.3 is 6.03 Å². The van der Waals surface area contributed by atoms with Crippen LogP contribution in [0.2, 0.25) is 0 Å². The van der Waals surface area contributed by atoms with Crippen LogP contribution < -0.4 is 16.4 Å². The van der Waals surface area contributed by atoms with Gasteiger partial charge in [0.25, 0.3) is 0 Å². The molecule has 1 aromatic heterocycles. The summed E-state index contributed by atoms with van der Waals surface area (Å²) < 4.78 is 1.56. The molecule has 1 rings (SSSR count). The maximum Gasteiger partial charge on any atom is 0.314 e. The number of nitrogens with one attached hydrogen (secondary N) is 2. The van der Waals surface area contributed by atoms with E-state index in [1.165, 1.54) is 0 Å². The van der Waals surface area contributed by atoms with Crippen LogP contribution in [0.3, 0.4) is 0 Å². The number of carbonyl (C=O) groups is 1. The summed E-state index contributed by atoms with van der Waals surface area (Å²) in [5.41, 5.74) is 6.29. The Hall–Kier alpha value is -1.72. The van der Waals surface area contributed by atoms with Crippen molar-refractivity contribution in [2.24, 2.45) is 7.05 Å². The van der Waals surface area contributed by atoms with E-state index in [2.05, 4.69) is 15.7 Å². The zero-order chi connectivity index (χ0) is 9.84. The van der Waals surface area contributed by atoms with E-state index in [9.17, 15) is 4.79 Å². The Kier molecular flexibility index (Phi) is 2.73. The molecule has 0 saturated heterocycles. The molecule has 0 spiro atoms. The first-order valence-corrected chi connectivity index (χ1v) is 3.87. The van der Waals surface area contributed by atoms with Crippen LogP contribution in [-0.2, 0) is 13.6 Å². The molecule has 4 N–H and O–H groups in total. The van der Waals surface area contributed by atoms with Gasteiger partial charge < -0.3 is 16.4 Å². The van der Waals surface area contributed by atoms with Gasteiger partial charge in [0, 0.05) is 20.2 Å². The van der Waals surface area contributed by atoms with E-state index in [0.717, 1.165) is 5.69 Å². The predicted molar refractivity (Wildman–Crippen MR) is 48.9 cm³/mol. The molecule has 0 unspecified atom stereocenters. The molecule has 0 aliphatic carbocycles. The fourth-order valence-electron chi connectivity index (χ4n) is 0.889. The summed E-state index contributed by atoms with van der Waals surface area (Å²) in [5.74, 6) is 0.578. The Balaban J connectivity index is 2.50. The van der Waals surface area contributed by atoms with Crippen LogP contribution in [-0.4, -0.2) is 22.9 Å². The van der Waals surface area contributed by atoms with Crippen LogP contribution in [0.1, 0.15) is 5.69 Å². The fourth-order valence-corrected chi connectivity index (χ4v) is 0.889. The number of urea groups is 1. The predicted octanol–water partition coefficient (Wildman–Crippen LogP) is -0.569. The molecule has 0 aliphatic heterocycles. The largest absolute Gasteiger partial charge is 0.384 e. The van der Waals surface area contributed by atoms with E-state index >= 15 is 0 Å². The minimum Gasteiger partial charge on any atom is -0.384 e. The highest BCUT2D eigenvalue weighted by Crippen LogP contribution is 2.02. The second-order valence-electron chi connectivity index (χ2n) is 2.62. The zero-order valence-corrected chi connectivity index (χ0v) is 7.66. The summed E-state index contributed by atoms with van der Waals surface area (Å²) in [4.78, 5) is 10.8. The molecule has 0 saturated carbocycles. The van der Waals surface area contributed by atoms with Crippen LogP contribution in [0, 0.1) is 0 Å². The van der Waals surface area contributed by atoms with E-state index in [1.54, 1.807) is 24.8 Å². The van der Waals surface area contributed by atoms with Crippen molar-refractivity contribution in [2.75, 3.05) is 12.8 Å². The summed E-state index contributed by atoms with van der Waals surface area (Å²) in [6, 6.07) is 1.49. The molecule has 0 atom stereocenters. The van der Waals surface area contributed by atoms with E-state index in [0.29, 0.717) is 12.4 Å². The number of nitrogens with zero attached hydrogens (tertiary/aromatic N) is 2. The summed E-state index contributed by atoms with van der Waals surface area (Å²) in [6.07, 6.45) is 0. The Bertz CT molecular complexity index is 286. The Morgan fingerprint density at radius 1 is 1.77 bits per heavy atom. The first-order chi connectivity index (χ1) is 6.13. The van der Waals surface area contributed by atoms with Crippen molar-refractivity contribution in [1.82, 2.24) is 20.4 Å². The first kappa shape index (κ1) is 9.37. The number of aryl methyl sites for hydroxylation is 1. The highest BCUT2D eigenvalue weighted by molar-refractivity contribution is 5.73. The van der Waals surface area contributed by atoms with Crippen molar-refractivity contribution in [1.29, 1.82) is 0 Å². The van der Waals surface area contributed by atoms with Gasteiger partial charge in [0.1, 0.15) is 5.82 Å². The van der Waals surface area contributed by atoms with Gasteiger partial charge in [-0.15, -0.1) is 0 Å². The Labute approximate surface area is 76.1 Å². The first-order valence-electron chi connectivity index (χ1n) is 3.87. The molecule has 6 heteroatoms. The van der Waals surface area contributed by atoms with E-state index in [-0.39, 0.29) is 6.03 Å². The summed E-state index contributed by atoms with van der Waals surface area (Å²) >= 11 is 0. The lowest BCUT2D eigenvalue weighted by Gasteiger charge is -2.00. The van der Waals surface area contributed by atoms with Crippen molar-refractivity contribution in [3.63, 3.8) is 0 Å². The molecular weight excluding hydrogens is 170 g/mol. The smallest absolute Gasteiger partial charge is 0.314 e. The number of amides is 2. The summed E-state index contributed by atoms with van der Waals surface area (Å²) in [7, 11) is 3.31. The standard InChI is InChI=1S/C7H13N5O/c1-9-7(13)10-4-5-3-6(8)12(2)11-5/h3H,4,8H2,1-2H3,(H2,9,10,13). The van der Waals surface area contributed by atoms with Gasteiger partial charge in [-0.1, -0.05) is 0 Å². The minimum atomic E-state index is -0.232. The molecule has 2 amide bonds. The third-order valence-corrected chi connectivity index (χ3v) is 1.62. The second-order valence-corrected chi connectivity index (χ2v) is 2.62. The molecule has 0 aliphatic rings. The molecule has 6 nitrogen and oxygen atoms in total. The normalized spacial score (nSPS) is 9.69. The lowest BCUT2D eigenvalue weighted by molar-refractivity contribution is 0.242. The van der Waals surface area contributed by atoms with Gasteiger partial charge in [-0.2, -0.15) is 5.10 Å². The number of anilines is 1. The summed E-state index contributed by atoms with van der Waals surface area (Å²) in [5, 5.41) is 9.11. The second kappa shape index (κ2) is 3.79. The molecule has 0 radical (unpaired) electrons. The third-order valence-electron chi connectivity index (χ3n) is 1.62. The van der Waals surface area contributed by atoms with Gasteiger partial charge in [-0.3, -0.25) is 4.68 Å². The minimum absolute atomic E-state index is 0.232. The Morgan fingerprint density at radius 2 is 2.46 bits per heavy atom. The van der Waals surface area contributed by atoms with Crippen molar-refractivity contribution in [2.45, 2.75) is 6.54 Å². The van der Waals surface area contributed by atoms with E-state index in [1.807, 2.05) is 0 Å². The van der Waals surface area contributed by atoms with Crippen LogP contribution in [0.15, 0.2) is 6.07 Å². The quantitative estimate of drug-likeness (QED) is 0.574. The average molecular weight is 183 g/mol. The average Bonchev–Trinajstić information content (AvgIpc) is 2.42. The van der Waals surface area contributed by atoms with Gasteiger partial charge in [0.2, 0.25) is 0 Å². The van der Waals surface area contributed by atoms with Gasteiger partial charge in [-0.05, 0) is 0 Å².